The van der Waals surface area contributed by atoms with Crippen molar-refractivity contribution >= 4 is 47.7 Å². The van der Waals surface area contributed by atoms with Crippen LogP contribution in [-0.4, -0.2) is 63.0 Å². The molecule has 0 unspecified atom stereocenters. The van der Waals surface area contributed by atoms with Gasteiger partial charge in [-0.3, -0.25) is 14.5 Å². The molecular formula is C33H38FN3O5Si. The lowest BCUT2D eigenvalue weighted by molar-refractivity contribution is -0.115. The first kappa shape index (κ1) is 30.6. The van der Waals surface area contributed by atoms with Crippen LogP contribution in [0, 0.1) is 5.82 Å². The molecule has 1 fully saturated rings. The molecule has 2 amide bonds. The highest BCUT2D eigenvalue weighted by atomic mass is 28.4. The summed E-state index contributed by atoms with van der Waals surface area (Å²) in [5.41, 5.74) is 0.626. The summed E-state index contributed by atoms with van der Waals surface area (Å²) in [4.78, 5) is 27.1. The summed E-state index contributed by atoms with van der Waals surface area (Å²) < 4.78 is 35.1. The molecule has 5 rings (SSSR count). The topological polar surface area (TPSA) is 85.1 Å². The average Bonchev–Trinajstić information content (AvgIpc) is 3.41. The number of rotatable bonds is 8. The molecule has 0 spiro atoms. The highest BCUT2D eigenvalue weighted by molar-refractivity contribution is 6.99. The fraction of sp³-hybridized carbons (Fsp3) is 0.364. The summed E-state index contributed by atoms with van der Waals surface area (Å²) in [5.74, 6) is -1.31. The molecule has 1 aromatic heterocycles. The highest BCUT2D eigenvalue weighted by Crippen LogP contribution is 2.40. The van der Waals surface area contributed by atoms with Crippen LogP contribution in [0.4, 0.5) is 10.1 Å². The Bertz CT molecular complexity index is 1560. The molecule has 3 aromatic carbocycles. The van der Waals surface area contributed by atoms with Gasteiger partial charge in [0, 0.05) is 25.7 Å². The largest absolute Gasteiger partial charge is 0.403 e. The van der Waals surface area contributed by atoms with Gasteiger partial charge in [0.15, 0.2) is 11.5 Å². The number of aromatic nitrogens is 1. The van der Waals surface area contributed by atoms with Gasteiger partial charge in [-0.25, -0.2) is 4.39 Å². The third-order valence-corrected chi connectivity index (χ3v) is 13.0. The van der Waals surface area contributed by atoms with E-state index in [2.05, 4.69) is 50.2 Å². The van der Waals surface area contributed by atoms with E-state index in [0.717, 1.165) is 15.3 Å². The molecule has 2 heterocycles. The van der Waals surface area contributed by atoms with Crippen LogP contribution in [0.3, 0.4) is 0 Å². The normalized spacial score (nSPS) is 17.7. The molecule has 10 heteroatoms. The van der Waals surface area contributed by atoms with Gasteiger partial charge in [-0.1, -0.05) is 86.6 Å². The number of morpholine rings is 1. The number of nitrogens with zero attached hydrogens (tertiary/aromatic N) is 3. The second-order valence-corrected chi connectivity index (χ2v) is 16.5. The van der Waals surface area contributed by atoms with Gasteiger partial charge in [0.25, 0.3) is 14.2 Å². The summed E-state index contributed by atoms with van der Waals surface area (Å²) in [6.07, 6.45) is 0.131. The third kappa shape index (κ3) is 5.62. The minimum absolute atomic E-state index is 0.0674. The van der Waals surface area contributed by atoms with Gasteiger partial charge in [0.05, 0.1) is 29.9 Å². The van der Waals surface area contributed by atoms with Crippen LogP contribution >= 0.6 is 0 Å². The number of amides is 2. The minimum Gasteiger partial charge on any atom is -0.403 e. The molecule has 0 saturated carbocycles. The Hall–Kier alpha value is -3.86. The highest BCUT2D eigenvalue weighted by Gasteiger charge is 2.50. The maximum Gasteiger partial charge on any atom is 0.282 e. The van der Waals surface area contributed by atoms with Crippen molar-refractivity contribution < 1.29 is 27.7 Å². The first-order valence-corrected chi connectivity index (χ1v) is 16.4. The van der Waals surface area contributed by atoms with Crippen molar-refractivity contribution in [3.05, 3.63) is 83.8 Å². The smallest absolute Gasteiger partial charge is 0.282 e. The van der Waals surface area contributed by atoms with E-state index in [-0.39, 0.29) is 40.5 Å². The number of benzene rings is 3. The van der Waals surface area contributed by atoms with Crippen molar-refractivity contribution in [2.75, 3.05) is 25.0 Å². The van der Waals surface area contributed by atoms with E-state index in [4.69, 9.17) is 13.7 Å². The van der Waals surface area contributed by atoms with Gasteiger partial charge in [-0.15, -0.1) is 0 Å². The standard InChI is InChI=1S/C33H38FN3O5Si/c1-22-18-37(19-23(2)41-22)30-24(17-27-29(32(39)36(6)21-38)35-42-31(27)28(30)34)20-40-43(33(3,4)5,25-13-9-7-10-14-25)26-15-11-8-12-16-26/h7-17,21-23H,18-20H2,1-6H3/t22-,23+. The van der Waals surface area contributed by atoms with Crippen molar-refractivity contribution in [3.63, 3.8) is 0 Å². The van der Waals surface area contributed by atoms with Gasteiger partial charge in [0.2, 0.25) is 12.0 Å². The molecule has 0 bridgehead atoms. The number of imide groups is 1. The SMILES string of the molecule is C[C@@H]1CN(c2c(CO[Si](c3ccccc3)(c3ccccc3)C(C)(C)C)cc3c(C(=O)N(C)C=O)noc3c2F)C[C@H](C)O1. The number of anilines is 1. The van der Waals surface area contributed by atoms with Crippen molar-refractivity contribution in [3.8, 4) is 0 Å². The quantitative estimate of drug-likeness (QED) is 0.210. The molecule has 0 radical (unpaired) electrons. The van der Waals surface area contributed by atoms with E-state index < -0.39 is 20.0 Å². The molecule has 4 aromatic rings. The summed E-state index contributed by atoms with van der Waals surface area (Å²) >= 11 is 0. The Kier molecular flexibility index (Phi) is 8.55. The van der Waals surface area contributed by atoms with Crippen LogP contribution in [0.25, 0.3) is 11.0 Å². The van der Waals surface area contributed by atoms with Crippen molar-refractivity contribution in [2.24, 2.45) is 0 Å². The van der Waals surface area contributed by atoms with Crippen molar-refractivity contribution in [2.45, 2.75) is 58.5 Å². The molecule has 1 aliphatic rings. The van der Waals surface area contributed by atoms with Gasteiger partial charge < -0.3 is 18.6 Å². The van der Waals surface area contributed by atoms with E-state index in [0.29, 0.717) is 30.8 Å². The third-order valence-electron chi connectivity index (χ3n) is 8.04. The predicted octanol–water partition coefficient (Wildman–Crippen LogP) is 4.89. The number of hydrogen-bond acceptors (Lipinski definition) is 7. The Balaban J connectivity index is 1.70. The van der Waals surface area contributed by atoms with Gasteiger partial charge in [-0.05, 0) is 35.3 Å². The van der Waals surface area contributed by atoms with E-state index >= 15 is 4.39 Å². The second kappa shape index (κ2) is 12.0. The lowest BCUT2D eigenvalue weighted by Crippen LogP contribution is -2.66. The monoisotopic (exact) mass is 603 g/mol. The van der Waals surface area contributed by atoms with Crippen LogP contribution in [0.15, 0.2) is 71.3 Å². The molecule has 1 aliphatic heterocycles. The zero-order chi connectivity index (χ0) is 30.9. The molecule has 2 atom stereocenters. The summed E-state index contributed by atoms with van der Waals surface area (Å²) in [6, 6.07) is 22.2. The zero-order valence-electron chi connectivity index (χ0n) is 25.5. The van der Waals surface area contributed by atoms with Crippen LogP contribution in [0.1, 0.15) is 50.7 Å². The number of carbonyl (C=O) groups is 2. The molecule has 1 saturated heterocycles. The fourth-order valence-electron chi connectivity index (χ4n) is 6.21. The van der Waals surface area contributed by atoms with E-state index in [1.807, 2.05) is 55.1 Å². The lowest BCUT2D eigenvalue weighted by atomic mass is 10.0. The van der Waals surface area contributed by atoms with Crippen LogP contribution in [0.2, 0.25) is 5.04 Å². The summed E-state index contributed by atoms with van der Waals surface area (Å²) in [7, 11) is -1.66. The molecule has 226 valence electrons. The van der Waals surface area contributed by atoms with Crippen molar-refractivity contribution in [1.82, 2.24) is 10.1 Å². The summed E-state index contributed by atoms with van der Waals surface area (Å²) in [6.45, 7) is 11.5. The number of hydrogen-bond donors (Lipinski definition) is 0. The molecular weight excluding hydrogens is 565 g/mol. The van der Waals surface area contributed by atoms with E-state index in [1.54, 1.807) is 6.07 Å². The Morgan fingerprint density at radius 1 is 1.07 bits per heavy atom. The molecule has 43 heavy (non-hydrogen) atoms. The van der Waals surface area contributed by atoms with E-state index in [9.17, 15) is 9.59 Å². The lowest BCUT2D eigenvalue weighted by Gasteiger charge is -2.43. The second-order valence-electron chi connectivity index (χ2n) is 12.2. The summed E-state index contributed by atoms with van der Waals surface area (Å²) in [5, 5.41) is 5.97. The first-order valence-electron chi connectivity index (χ1n) is 14.5. The Labute approximate surface area is 252 Å². The number of carbonyl (C=O) groups excluding carboxylic acids is 2. The number of halogens is 1. The Morgan fingerprint density at radius 2 is 1.63 bits per heavy atom. The maximum absolute atomic E-state index is 16.6. The van der Waals surface area contributed by atoms with Gasteiger partial charge in [-0.2, -0.15) is 0 Å². The molecule has 0 N–H and O–H groups in total. The maximum atomic E-state index is 16.6. The van der Waals surface area contributed by atoms with Crippen LogP contribution < -0.4 is 15.3 Å². The zero-order valence-corrected chi connectivity index (χ0v) is 26.5. The van der Waals surface area contributed by atoms with E-state index in [1.165, 1.54) is 7.05 Å². The predicted molar refractivity (Wildman–Crippen MR) is 167 cm³/mol. The molecule has 0 aliphatic carbocycles. The number of fused-ring (bicyclic) bond motifs is 1. The average molecular weight is 604 g/mol. The minimum atomic E-state index is -2.99. The first-order chi connectivity index (χ1) is 20.5. The molecule has 8 nitrogen and oxygen atoms in total. The van der Waals surface area contributed by atoms with Crippen molar-refractivity contribution in [1.29, 1.82) is 0 Å². The Morgan fingerprint density at radius 3 is 2.14 bits per heavy atom. The van der Waals surface area contributed by atoms with Gasteiger partial charge in [0.1, 0.15) is 0 Å². The van der Waals surface area contributed by atoms with Crippen LogP contribution in [-0.2, 0) is 20.6 Å². The van der Waals surface area contributed by atoms with Crippen LogP contribution in [0.5, 0.6) is 0 Å². The number of ether oxygens (including phenoxy) is 1. The van der Waals surface area contributed by atoms with Gasteiger partial charge >= 0.3 is 0 Å². The fourth-order valence-corrected chi connectivity index (χ4v) is 10.7.